The van der Waals surface area contributed by atoms with Crippen LogP contribution < -0.4 is 10.2 Å². The van der Waals surface area contributed by atoms with Crippen molar-refractivity contribution in [1.29, 1.82) is 0 Å². The maximum absolute atomic E-state index is 12.8. The van der Waals surface area contributed by atoms with Gasteiger partial charge in [-0.3, -0.25) is 9.59 Å². The summed E-state index contributed by atoms with van der Waals surface area (Å²) in [6, 6.07) is 11.0. The van der Waals surface area contributed by atoms with Gasteiger partial charge in [0.2, 0.25) is 0 Å². The average molecular weight is 426 g/mol. The molecule has 2 amide bonds. The molecule has 156 valence electrons. The van der Waals surface area contributed by atoms with E-state index in [1.54, 1.807) is 38.1 Å². The molecule has 0 radical (unpaired) electrons. The number of piperidine rings is 1. The summed E-state index contributed by atoms with van der Waals surface area (Å²) in [4.78, 5) is 26.6. The molecule has 0 atom stereocenters. The SMILES string of the molecule is C/C(=N/S(=O)(=O)c1ccc(N2C(=O)c3ccccc3C2=O)c(C)c1)C1CCNCC1. The molecule has 0 unspecified atom stereocenters. The molecule has 2 aromatic carbocycles. The van der Waals surface area contributed by atoms with E-state index in [4.69, 9.17) is 0 Å². The number of carbonyl (C=O) groups excluding carboxylic acids is 2. The first-order chi connectivity index (χ1) is 14.3. The first kappa shape index (κ1) is 20.4. The van der Waals surface area contributed by atoms with E-state index in [0.717, 1.165) is 30.8 Å². The van der Waals surface area contributed by atoms with Crippen molar-refractivity contribution in [1.82, 2.24) is 5.32 Å². The molecule has 0 spiro atoms. The van der Waals surface area contributed by atoms with Gasteiger partial charge in [-0.05, 0) is 75.7 Å². The molecule has 1 saturated heterocycles. The van der Waals surface area contributed by atoms with Crippen LogP contribution in [0.3, 0.4) is 0 Å². The standard InChI is InChI=1S/C22H23N3O4S/c1-14-13-17(30(28,29)24-15(2)16-9-11-23-12-10-16)7-8-20(14)25-21(26)18-5-3-4-6-19(18)22(25)27/h3-8,13,16,23H,9-12H2,1-2H3/b24-15-. The van der Waals surface area contributed by atoms with Crippen LogP contribution in [-0.4, -0.2) is 39.0 Å². The van der Waals surface area contributed by atoms with Gasteiger partial charge in [-0.2, -0.15) is 12.8 Å². The zero-order valence-corrected chi connectivity index (χ0v) is 17.7. The summed E-state index contributed by atoms with van der Waals surface area (Å²) in [6.45, 7) is 5.14. The van der Waals surface area contributed by atoms with E-state index >= 15 is 0 Å². The second-order valence-corrected chi connectivity index (χ2v) is 9.28. The smallest absolute Gasteiger partial charge is 0.282 e. The molecule has 30 heavy (non-hydrogen) atoms. The number of aryl methyl sites for hydroxylation is 1. The van der Waals surface area contributed by atoms with Crippen molar-refractivity contribution in [2.24, 2.45) is 10.3 Å². The summed E-state index contributed by atoms with van der Waals surface area (Å²) < 4.78 is 29.7. The van der Waals surface area contributed by atoms with Crippen molar-refractivity contribution in [3.05, 3.63) is 59.2 Å². The van der Waals surface area contributed by atoms with Gasteiger partial charge in [0.15, 0.2) is 0 Å². The van der Waals surface area contributed by atoms with E-state index < -0.39 is 21.8 Å². The fraction of sp³-hybridized carbons (Fsp3) is 0.318. The molecule has 0 bridgehead atoms. The number of carbonyl (C=O) groups is 2. The summed E-state index contributed by atoms with van der Waals surface area (Å²) in [7, 11) is -3.87. The molecule has 1 fully saturated rings. The van der Waals surface area contributed by atoms with E-state index in [1.165, 1.54) is 18.2 Å². The van der Waals surface area contributed by atoms with Crippen LogP contribution in [-0.2, 0) is 10.0 Å². The number of nitrogens with zero attached hydrogens (tertiary/aromatic N) is 2. The van der Waals surface area contributed by atoms with Gasteiger partial charge in [0.1, 0.15) is 0 Å². The maximum atomic E-state index is 12.8. The van der Waals surface area contributed by atoms with E-state index in [9.17, 15) is 18.0 Å². The van der Waals surface area contributed by atoms with Gasteiger partial charge >= 0.3 is 0 Å². The molecule has 1 N–H and O–H groups in total. The number of rotatable bonds is 4. The van der Waals surface area contributed by atoms with Gasteiger partial charge in [0.05, 0.1) is 21.7 Å². The number of fused-ring (bicyclic) bond motifs is 1. The molecule has 8 heteroatoms. The lowest BCUT2D eigenvalue weighted by Gasteiger charge is -2.22. The van der Waals surface area contributed by atoms with Crippen molar-refractivity contribution >= 4 is 33.2 Å². The first-order valence-corrected chi connectivity index (χ1v) is 11.3. The Hall–Kier alpha value is -2.84. The Kier molecular flexibility index (Phi) is 5.29. The summed E-state index contributed by atoms with van der Waals surface area (Å²) in [5.74, 6) is -0.664. The zero-order valence-electron chi connectivity index (χ0n) is 16.9. The van der Waals surface area contributed by atoms with Gasteiger partial charge in [-0.15, -0.1) is 0 Å². The monoisotopic (exact) mass is 425 g/mol. The number of anilines is 1. The third-order valence-corrected chi connectivity index (χ3v) is 7.07. The lowest BCUT2D eigenvalue weighted by molar-refractivity contribution is 0.0926. The number of imide groups is 1. The lowest BCUT2D eigenvalue weighted by atomic mass is 9.94. The van der Waals surface area contributed by atoms with Crippen molar-refractivity contribution in [2.45, 2.75) is 31.6 Å². The second-order valence-electron chi connectivity index (χ2n) is 7.67. The maximum Gasteiger partial charge on any atom is 0.282 e. The highest BCUT2D eigenvalue weighted by Gasteiger charge is 2.37. The first-order valence-electron chi connectivity index (χ1n) is 9.90. The molecular weight excluding hydrogens is 402 g/mol. The van der Waals surface area contributed by atoms with Crippen LogP contribution in [0.2, 0.25) is 0 Å². The third-order valence-electron chi connectivity index (χ3n) is 5.70. The molecule has 2 heterocycles. The number of nitrogens with one attached hydrogen (secondary N) is 1. The van der Waals surface area contributed by atoms with Crippen molar-refractivity contribution in [3.63, 3.8) is 0 Å². The normalized spacial score (nSPS) is 18.1. The Morgan fingerprint density at radius 2 is 1.63 bits per heavy atom. The Morgan fingerprint density at radius 3 is 2.20 bits per heavy atom. The highest BCUT2D eigenvalue weighted by Crippen LogP contribution is 2.32. The highest BCUT2D eigenvalue weighted by atomic mass is 32.2. The van der Waals surface area contributed by atoms with E-state index in [1.807, 2.05) is 0 Å². The summed E-state index contributed by atoms with van der Waals surface area (Å²) in [6.07, 6.45) is 1.73. The largest absolute Gasteiger partial charge is 0.317 e. The molecule has 4 rings (SSSR count). The molecule has 0 aromatic heterocycles. The van der Waals surface area contributed by atoms with Crippen molar-refractivity contribution in [3.8, 4) is 0 Å². The van der Waals surface area contributed by atoms with Gasteiger partial charge in [0.25, 0.3) is 21.8 Å². The number of benzene rings is 2. The minimum absolute atomic E-state index is 0.0497. The minimum Gasteiger partial charge on any atom is -0.317 e. The van der Waals surface area contributed by atoms with Crippen LogP contribution in [0.1, 0.15) is 46.0 Å². The third kappa shape index (κ3) is 3.57. The fourth-order valence-electron chi connectivity index (χ4n) is 4.00. The highest BCUT2D eigenvalue weighted by molar-refractivity contribution is 7.90. The second kappa shape index (κ2) is 7.77. The van der Waals surface area contributed by atoms with E-state index in [-0.39, 0.29) is 10.8 Å². The topological polar surface area (TPSA) is 95.9 Å². The molecule has 2 aliphatic rings. The zero-order chi connectivity index (χ0) is 21.5. The Labute approximate surface area is 175 Å². The van der Waals surface area contributed by atoms with Crippen molar-refractivity contribution < 1.29 is 18.0 Å². The van der Waals surface area contributed by atoms with E-state index in [0.29, 0.717) is 28.1 Å². The van der Waals surface area contributed by atoms with Crippen LogP contribution >= 0.6 is 0 Å². The Balaban J connectivity index is 1.64. The Bertz CT molecular complexity index is 1130. The van der Waals surface area contributed by atoms with Crippen molar-refractivity contribution in [2.75, 3.05) is 18.0 Å². The molecule has 0 saturated carbocycles. The predicted molar refractivity (Wildman–Crippen MR) is 115 cm³/mol. The molecule has 2 aliphatic heterocycles. The Morgan fingerprint density at radius 1 is 1.03 bits per heavy atom. The molecule has 2 aromatic rings. The van der Waals surface area contributed by atoms with Crippen LogP contribution in [0.15, 0.2) is 51.8 Å². The quantitative estimate of drug-likeness (QED) is 0.600. The van der Waals surface area contributed by atoms with Gasteiger partial charge in [-0.25, -0.2) is 4.90 Å². The molecule has 0 aliphatic carbocycles. The van der Waals surface area contributed by atoms with Crippen LogP contribution in [0.5, 0.6) is 0 Å². The number of sulfonamides is 1. The van der Waals surface area contributed by atoms with Gasteiger partial charge in [-0.1, -0.05) is 12.1 Å². The van der Waals surface area contributed by atoms with Gasteiger partial charge < -0.3 is 5.32 Å². The lowest BCUT2D eigenvalue weighted by Crippen LogP contribution is -2.31. The van der Waals surface area contributed by atoms with E-state index in [2.05, 4.69) is 9.71 Å². The van der Waals surface area contributed by atoms with Gasteiger partial charge in [0, 0.05) is 11.6 Å². The molecule has 7 nitrogen and oxygen atoms in total. The minimum atomic E-state index is -3.87. The summed E-state index contributed by atoms with van der Waals surface area (Å²) in [5, 5.41) is 3.25. The van der Waals surface area contributed by atoms with Crippen LogP contribution in [0.4, 0.5) is 5.69 Å². The van der Waals surface area contributed by atoms with Crippen LogP contribution in [0, 0.1) is 12.8 Å². The fourth-order valence-corrected chi connectivity index (χ4v) is 5.20. The number of hydrogen-bond acceptors (Lipinski definition) is 5. The molecular formula is C22H23N3O4S. The summed E-state index contributed by atoms with van der Waals surface area (Å²) >= 11 is 0. The summed E-state index contributed by atoms with van der Waals surface area (Å²) in [5.41, 5.74) is 2.19. The number of amides is 2. The van der Waals surface area contributed by atoms with Crippen LogP contribution in [0.25, 0.3) is 0 Å². The number of hydrogen-bond donors (Lipinski definition) is 1. The predicted octanol–water partition coefficient (Wildman–Crippen LogP) is 2.94. The average Bonchev–Trinajstić information content (AvgIpc) is 2.99.